The number of hydrogen-bond donors (Lipinski definition) is 2. The van der Waals surface area contributed by atoms with Crippen LogP contribution in [0.25, 0.3) is 11.3 Å². The van der Waals surface area contributed by atoms with Crippen LogP contribution in [0.2, 0.25) is 10.0 Å². The molecular weight excluding hydrogens is 345 g/mol. The Kier molecular flexibility index (Phi) is 3.79. The first kappa shape index (κ1) is 15.2. The van der Waals surface area contributed by atoms with E-state index in [9.17, 15) is 4.79 Å². The number of amides is 1. The highest BCUT2D eigenvalue weighted by Gasteiger charge is 2.33. The molecule has 24 heavy (non-hydrogen) atoms. The lowest BCUT2D eigenvalue weighted by molar-refractivity contribution is -0.116. The van der Waals surface area contributed by atoms with Crippen LogP contribution in [0.4, 0.5) is 5.82 Å². The molecule has 4 rings (SSSR count). The Bertz CT molecular complexity index is 921. The van der Waals surface area contributed by atoms with E-state index < -0.39 is 0 Å². The molecule has 3 aromatic rings. The average molecular weight is 358 g/mol. The fourth-order valence-electron chi connectivity index (χ4n) is 3.14. The van der Waals surface area contributed by atoms with Crippen LogP contribution in [0.3, 0.4) is 0 Å². The molecule has 0 spiro atoms. The number of anilines is 1. The summed E-state index contributed by atoms with van der Waals surface area (Å²) >= 11 is 12.6. The van der Waals surface area contributed by atoms with E-state index in [0.29, 0.717) is 22.3 Å². The predicted molar refractivity (Wildman–Crippen MR) is 95.6 cm³/mol. The zero-order chi connectivity index (χ0) is 16.7. The molecule has 1 aromatic heterocycles. The summed E-state index contributed by atoms with van der Waals surface area (Å²) in [6, 6.07) is 15.4. The van der Waals surface area contributed by atoms with Gasteiger partial charge in [-0.15, -0.1) is 0 Å². The van der Waals surface area contributed by atoms with Crippen molar-refractivity contribution in [2.24, 2.45) is 0 Å². The van der Waals surface area contributed by atoms with Gasteiger partial charge < -0.3 is 5.32 Å². The number of H-pyrrole nitrogens is 1. The van der Waals surface area contributed by atoms with Crippen LogP contribution in [0.1, 0.15) is 23.5 Å². The average Bonchev–Trinajstić information content (AvgIpc) is 3.01. The molecule has 1 atom stereocenters. The minimum absolute atomic E-state index is 0.0883. The van der Waals surface area contributed by atoms with Crippen molar-refractivity contribution >= 4 is 34.9 Å². The molecule has 6 heteroatoms. The highest BCUT2D eigenvalue weighted by atomic mass is 35.5. The Morgan fingerprint density at radius 1 is 1.04 bits per heavy atom. The molecule has 1 aliphatic heterocycles. The summed E-state index contributed by atoms with van der Waals surface area (Å²) in [7, 11) is 0. The van der Waals surface area contributed by atoms with Crippen LogP contribution < -0.4 is 5.32 Å². The first-order valence-electron chi connectivity index (χ1n) is 7.52. The van der Waals surface area contributed by atoms with Crippen molar-refractivity contribution in [3.63, 3.8) is 0 Å². The summed E-state index contributed by atoms with van der Waals surface area (Å²) in [5.41, 5.74) is 3.65. The third-order valence-corrected chi connectivity index (χ3v) is 5.05. The molecule has 1 aliphatic rings. The van der Waals surface area contributed by atoms with Crippen molar-refractivity contribution < 1.29 is 4.79 Å². The SMILES string of the molecule is O=C1C[C@H](c2cccc(Cl)c2Cl)c2c(n[nH]c2-c2ccccc2)N1. The minimum Gasteiger partial charge on any atom is -0.309 e. The summed E-state index contributed by atoms with van der Waals surface area (Å²) in [6.07, 6.45) is 0.298. The van der Waals surface area contributed by atoms with Crippen molar-refractivity contribution in [3.8, 4) is 11.3 Å². The van der Waals surface area contributed by atoms with Crippen molar-refractivity contribution in [1.29, 1.82) is 0 Å². The van der Waals surface area contributed by atoms with Crippen LogP contribution in [0.15, 0.2) is 48.5 Å². The van der Waals surface area contributed by atoms with Gasteiger partial charge in [0.2, 0.25) is 5.91 Å². The van der Waals surface area contributed by atoms with E-state index >= 15 is 0 Å². The van der Waals surface area contributed by atoms with Crippen molar-refractivity contribution in [3.05, 3.63) is 69.7 Å². The molecule has 0 radical (unpaired) electrons. The smallest absolute Gasteiger partial charge is 0.226 e. The Morgan fingerprint density at radius 3 is 2.62 bits per heavy atom. The van der Waals surface area contributed by atoms with E-state index in [1.807, 2.05) is 42.5 Å². The molecular formula is C18H13Cl2N3O. The normalized spacial score (nSPS) is 16.6. The summed E-state index contributed by atoms with van der Waals surface area (Å²) < 4.78 is 0. The van der Waals surface area contributed by atoms with E-state index in [1.54, 1.807) is 6.07 Å². The van der Waals surface area contributed by atoms with Gasteiger partial charge in [-0.3, -0.25) is 9.89 Å². The number of aromatic nitrogens is 2. The number of nitrogens with zero attached hydrogens (tertiary/aromatic N) is 1. The number of carbonyl (C=O) groups excluding carboxylic acids is 1. The van der Waals surface area contributed by atoms with Crippen LogP contribution >= 0.6 is 23.2 Å². The Morgan fingerprint density at radius 2 is 1.83 bits per heavy atom. The van der Waals surface area contributed by atoms with E-state index in [4.69, 9.17) is 23.2 Å². The molecule has 2 heterocycles. The molecule has 2 aromatic carbocycles. The molecule has 0 unspecified atom stereocenters. The maximum atomic E-state index is 12.1. The Labute approximate surface area is 148 Å². The van der Waals surface area contributed by atoms with Gasteiger partial charge in [-0.2, -0.15) is 5.10 Å². The lowest BCUT2D eigenvalue weighted by Crippen LogP contribution is -2.23. The molecule has 0 saturated carbocycles. The predicted octanol–water partition coefficient (Wildman–Crippen LogP) is 4.86. The van der Waals surface area contributed by atoms with Crippen LogP contribution in [0, 0.1) is 0 Å². The molecule has 2 N–H and O–H groups in total. The lowest BCUT2D eigenvalue weighted by Gasteiger charge is -2.24. The van der Waals surface area contributed by atoms with Gasteiger partial charge in [0.05, 0.1) is 15.7 Å². The molecule has 0 aliphatic carbocycles. The van der Waals surface area contributed by atoms with Crippen molar-refractivity contribution in [2.75, 3.05) is 5.32 Å². The summed E-state index contributed by atoms with van der Waals surface area (Å²) in [5.74, 6) is 0.259. The zero-order valence-corrected chi connectivity index (χ0v) is 14.0. The first-order chi connectivity index (χ1) is 11.6. The monoisotopic (exact) mass is 357 g/mol. The number of aromatic amines is 1. The van der Waals surface area contributed by atoms with Gasteiger partial charge in [-0.25, -0.2) is 0 Å². The highest BCUT2D eigenvalue weighted by Crippen LogP contribution is 2.44. The number of nitrogens with one attached hydrogen (secondary N) is 2. The molecule has 0 fully saturated rings. The van der Waals surface area contributed by atoms with Crippen LogP contribution in [-0.2, 0) is 4.79 Å². The van der Waals surface area contributed by atoms with Gasteiger partial charge in [-0.05, 0) is 17.2 Å². The number of fused-ring (bicyclic) bond motifs is 1. The van der Waals surface area contributed by atoms with Gasteiger partial charge in [0, 0.05) is 17.9 Å². The fourth-order valence-corrected chi connectivity index (χ4v) is 3.58. The molecule has 1 amide bonds. The second kappa shape index (κ2) is 5.96. The zero-order valence-electron chi connectivity index (χ0n) is 12.5. The number of hydrogen-bond acceptors (Lipinski definition) is 2. The quantitative estimate of drug-likeness (QED) is 0.688. The lowest BCUT2D eigenvalue weighted by atomic mass is 9.84. The molecule has 0 bridgehead atoms. The van der Waals surface area contributed by atoms with Gasteiger partial charge in [-0.1, -0.05) is 65.7 Å². The molecule has 4 nitrogen and oxygen atoms in total. The van der Waals surface area contributed by atoms with Gasteiger partial charge in [0.15, 0.2) is 5.82 Å². The Hall–Kier alpha value is -2.30. The third-order valence-electron chi connectivity index (χ3n) is 4.22. The fraction of sp³-hybridized carbons (Fsp3) is 0.111. The van der Waals surface area contributed by atoms with E-state index in [2.05, 4.69) is 15.5 Å². The standard InChI is InChI=1S/C18H13Cl2N3O/c19-13-8-4-7-11(16(13)20)12-9-14(24)21-18-15(12)17(22-23-18)10-5-2-1-3-6-10/h1-8,12H,9H2,(H2,21,22,23,24)/t12-/m1/s1. The third kappa shape index (κ3) is 2.48. The van der Waals surface area contributed by atoms with Gasteiger partial charge in [0.1, 0.15) is 0 Å². The first-order valence-corrected chi connectivity index (χ1v) is 8.28. The van der Waals surface area contributed by atoms with Crippen LogP contribution in [-0.4, -0.2) is 16.1 Å². The number of halogens is 2. The molecule has 120 valence electrons. The van der Waals surface area contributed by atoms with Crippen LogP contribution in [0.5, 0.6) is 0 Å². The largest absolute Gasteiger partial charge is 0.309 e. The van der Waals surface area contributed by atoms with E-state index in [-0.39, 0.29) is 11.8 Å². The number of carbonyl (C=O) groups is 1. The van der Waals surface area contributed by atoms with Crippen molar-refractivity contribution in [1.82, 2.24) is 10.2 Å². The summed E-state index contributed by atoms with van der Waals surface area (Å²) in [6.45, 7) is 0. The minimum atomic E-state index is -0.200. The van der Waals surface area contributed by atoms with Crippen molar-refractivity contribution in [2.45, 2.75) is 12.3 Å². The highest BCUT2D eigenvalue weighted by molar-refractivity contribution is 6.42. The maximum Gasteiger partial charge on any atom is 0.226 e. The van der Waals surface area contributed by atoms with E-state index in [1.165, 1.54) is 0 Å². The Balaban J connectivity index is 1.92. The second-order valence-corrected chi connectivity index (χ2v) is 6.46. The maximum absolute atomic E-state index is 12.1. The number of benzene rings is 2. The van der Waals surface area contributed by atoms with Gasteiger partial charge >= 0.3 is 0 Å². The van der Waals surface area contributed by atoms with E-state index in [0.717, 1.165) is 22.4 Å². The van der Waals surface area contributed by atoms with Gasteiger partial charge in [0.25, 0.3) is 0 Å². The molecule has 0 saturated heterocycles. The summed E-state index contributed by atoms with van der Waals surface area (Å²) in [4.78, 5) is 12.1. The number of rotatable bonds is 2. The topological polar surface area (TPSA) is 57.8 Å². The second-order valence-electron chi connectivity index (χ2n) is 5.67. The summed E-state index contributed by atoms with van der Waals surface area (Å²) in [5, 5.41) is 11.1.